The highest BCUT2D eigenvalue weighted by atomic mass is 16.5. The highest BCUT2D eigenvalue weighted by molar-refractivity contribution is 6.06. The zero-order valence-electron chi connectivity index (χ0n) is 13.2. The molecule has 0 spiro atoms. The first-order valence-electron chi connectivity index (χ1n) is 7.56. The van der Waals surface area contributed by atoms with Gasteiger partial charge < -0.3 is 15.0 Å². The Morgan fingerprint density at radius 1 is 1.41 bits per heavy atom. The van der Waals surface area contributed by atoms with Gasteiger partial charge in [0.25, 0.3) is 5.91 Å². The van der Waals surface area contributed by atoms with Crippen molar-refractivity contribution >= 4 is 16.8 Å². The van der Waals surface area contributed by atoms with Gasteiger partial charge in [-0.15, -0.1) is 0 Å². The number of ether oxygens (including phenoxy) is 1. The Kier molecular flexibility index (Phi) is 3.98. The summed E-state index contributed by atoms with van der Waals surface area (Å²) in [4.78, 5) is 19.4. The van der Waals surface area contributed by atoms with Gasteiger partial charge in [0.05, 0.1) is 18.2 Å². The number of hydrogen-bond donors (Lipinski definition) is 1. The molecule has 5 nitrogen and oxygen atoms in total. The number of nitrogens with zero attached hydrogens (tertiary/aromatic N) is 2. The number of carbonyl (C=O) groups excluding carboxylic acids is 1. The summed E-state index contributed by atoms with van der Waals surface area (Å²) in [6.45, 7) is 6.30. The first kappa shape index (κ1) is 14.8. The predicted molar refractivity (Wildman–Crippen MR) is 86.4 cm³/mol. The fourth-order valence-electron chi connectivity index (χ4n) is 2.93. The van der Waals surface area contributed by atoms with Crippen LogP contribution in [0.2, 0.25) is 0 Å². The second kappa shape index (κ2) is 5.93. The number of piperazine rings is 1. The zero-order valence-corrected chi connectivity index (χ0v) is 13.2. The molecule has 2 heterocycles. The van der Waals surface area contributed by atoms with E-state index in [9.17, 15) is 4.79 Å². The minimum absolute atomic E-state index is 0.0668. The van der Waals surface area contributed by atoms with E-state index in [1.807, 2.05) is 36.1 Å². The zero-order chi connectivity index (χ0) is 15.7. The number of amides is 1. The number of nitrogens with one attached hydrogen (secondary N) is 1. The molecule has 1 amide bonds. The average Bonchev–Trinajstić information content (AvgIpc) is 2.53. The van der Waals surface area contributed by atoms with E-state index >= 15 is 0 Å². The Balaban J connectivity index is 2.06. The van der Waals surface area contributed by atoms with Gasteiger partial charge in [-0.25, -0.2) is 0 Å². The van der Waals surface area contributed by atoms with Gasteiger partial charge >= 0.3 is 0 Å². The summed E-state index contributed by atoms with van der Waals surface area (Å²) < 4.78 is 5.29. The maximum Gasteiger partial charge on any atom is 0.254 e. The second-order valence-electron chi connectivity index (χ2n) is 5.80. The predicted octanol–water partition coefficient (Wildman–Crippen LogP) is 1.99. The number of rotatable bonds is 2. The van der Waals surface area contributed by atoms with Gasteiger partial charge in [0.15, 0.2) is 0 Å². The van der Waals surface area contributed by atoms with Crippen molar-refractivity contribution in [2.45, 2.75) is 19.9 Å². The first-order chi connectivity index (χ1) is 10.6. The lowest BCUT2D eigenvalue weighted by atomic mass is 10.1. The first-order valence-corrected chi connectivity index (χ1v) is 7.56. The van der Waals surface area contributed by atoms with Crippen LogP contribution in [0.25, 0.3) is 10.9 Å². The van der Waals surface area contributed by atoms with Crippen molar-refractivity contribution in [3.8, 4) is 5.75 Å². The molecule has 1 N–H and O–H groups in total. The summed E-state index contributed by atoms with van der Waals surface area (Å²) in [7, 11) is 1.63. The fraction of sp³-hybridized carbons (Fsp3) is 0.412. The van der Waals surface area contributed by atoms with Gasteiger partial charge in [0, 0.05) is 36.8 Å². The summed E-state index contributed by atoms with van der Waals surface area (Å²) in [5.41, 5.74) is 2.38. The van der Waals surface area contributed by atoms with Crippen molar-refractivity contribution in [3.05, 3.63) is 35.5 Å². The Hall–Kier alpha value is -2.14. The van der Waals surface area contributed by atoms with E-state index in [0.717, 1.165) is 42.0 Å². The number of aromatic nitrogens is 1. The van der Waals surface area contributed by atoms with Crippen LogP contribution in [0.4, 0.5) is 0 Å². The van der Waals surface area contributed by atoms with Gasteiger partial charge in [-0.3, -0.25) is 9.78 Å². The number of carbonyl (C=O) groups is 1. The minimum atomic E-state index is 0.0668. The maximum absolute atomic E-state index is 12.9. The number of methoxy groups -OCH3 is 1. The van der Waals surface area contributed by atoms with Crippen molar-refractivity contribution in [1.29, 1.82) is 0 Å². The lowest BCUT2D eigenvalue weighted by molar-refractivity contribution is 0.0711. The fourth-order valence-corrected chi connectivity index (χ4v) is 2.93. The van der Waals surface area contributed by atoms with Crippen molar-refractivity contribution in [2.75, 3.05) is 26.7 Å². The molecule has 1 aliphatic rings. The summed E-state index contributed by atoms with van der Waals surface area (Å²) >= 11 is 0. The van der Waals surface area contributed by atoms with Crippen molar-refractivity contribution in [3.63, 3.8) is 0 Å². The molecule has 2 aromatic rings. The van der Waals surface area contributed by atoms with Crippen LogP contribution in [-0.4, -0.2) is 48.6 Å². The van der Waals surface area contributed by atoms with Crippen molar-refractivity contribution < 1.29 is 9.53 Å². The number of fused-ring (bicyclic) bond motifs is 1. The van der Waals surface area contributed by atoms with Crippen LogP contribution in [0.15, 0.2) is 24.3 Å². The summed E-state index contributed by atoms with van der Waals surface area (Å²) in [6, 6.07) is 7.85. The molecule has 1 atom stereocenters. The summed E-state index contributed by atoms with van der Waals surface area (Å²) in [5.74, 6) is 0.804. The summed E-state index contributed by atoms with van der Waals surface area (Å²) in [5, 5.41) is 4.21. The highest BCUT2D eigenvalue weighted by Gasteiger charge is 2.23. The molecule has 1 aromatic heterocycles. The molecule has 1 saturated heterocycles. The lowest BCUT2D eigenvalue weighted by Crippen LogP contribution is -2.51. The Morgan fingerprint density at radius 2 is 2.23 bits per heavy atom. The minimum Gasteiger partial charge on any atom is -0.497 e. The third-order valence-electron chi connectivity index (χ3n) is 4.03. The Bertz CT molecular complexity index is 714. The van der Waals surface area contributed by atoms with Crippen molar-refractivity contribution in [1.82, 2.24) is 15.2 Å². The third-order valence-corrected chi connectivity index (χ3v) is 4.03. The quantitative estimate of drug-likeness (QED) is 0.921. The van der Waals surface area contributed by atoms with Gasteiger partial charge in [0.2, 0.25) is 0 Å². The number of hydrogen-bond acceptors (Lipinski definition) is 4. The maximum atomic E-state index is 12.9. The molecule has 0 aliphatic carbocycles. The molecule has 1 aliphatic heterocycles. The monoisotopic (exact) mass is 299 g/mol. The SMILES string of the molecule is COc1ccc2nc(C)cc(C(=O)N3CCNC(C)C3)c2c1. The molecule has 22 heavy (non-hydrogen) atoms. The van der Waals surface area contributed by atoms with Gasteiger partial charge in [-0.05, 0) is 38.1 Å². The van der Waals surface area contributed by atoms with E-state index in [4.69, 9.17) is 4.74 Å². The topological polar surface area (TPSA) is 54.5 Å². The molecular formula is C17H21N3O2. The van der Waals surface area contributed by atoms with E-state index in [1.165, 1.54) is 0 Å². The highest BCUT2D eigenvalue weighted by Crippen LogP contribution is 2.25. The van der Waals surface area contributed by atoms with Crippen LogP contribution >= 0.6 is 0 Å². The van der Waals surface area contributed by atoms with Crippen LogP contribution in [0.5, 0.6) is 5.75 Å². The smallest absolute Gasteiger partial charge is 0.254 e. The molecule has 0 radical (unpaired) electrons. The van der Waals surface area contributed by atoms with E-state index < -0.39 is 0 Å². The lowest BCUT2D eigenvalue weighted by Gasteiger charge is -2.32. The molecule has 116 valence electrons. The second-order valence-corrected chi connectivity index (χ2v) is 5.80. The molecule has 1 fully saturated rings. The number of aryl methyl sites for hydroxylation is 1. The number of pyridine rings is 1. The largest absolute Gasteiger partial charge is 0.497 e. The van der Waals surface area contributed by atoms with Gasteiger partial charge in [-0.2, -0.15) is 0 Å². The standard InChI is InChI=1S/C17H21N3O2/c1-11-8-15(17(21)20-7-6-18-12(2)10-20)14-9-13(22-3)4-5-16(14)19-11/h4-5,8-9,12,18H,6-7,10H2,1-3H3. The normalized spacial score (nSPS) is 18.5. The van der Waals surface area contributed by atoms with Gasteiger partial charge in [-0.1, -0.05) is 0 Å². The van der Waals surface area contributed by atoms with Crippen LogP contribution in [0.3, 0.4) is 0 Å². The Morgan fingerprint density at radius 3 is 2.95 bits per heavy atom. The molecule has 1 unspecified atom stereocenters. The molecular weight excluding hydrogens is 278 g/mol. The molecule has 5 heteroatoms. The Labute approximate surface area is 130 Å². The van der Waals surface area contributed by atoms with Crippen LogP contribution < -0.4 is 10.1 Å². The van der Waals surface area contributed by atoms with Crippen LogP contribution in [0.1, 0.15) is 23.0 Å². The van der Waals surface area contributed by atoms with Crippen molar-refractivity contribution in [2.24, 2.45) is 0 Å². The molecule has 3 rings (SSSR count). The van der Waals surface area contributed by atoms with E-state index in [-0.39, 0.29) is 5.91 Å². The third kappa shape index (κ3) is 2.76. The summed E-state index contributed by atoms with van der Waals surface area (Å²) in [6.07, 6.45) is 0. The molecule has 0 bridgehead atoms. The average molecular weight is 299 g/mol. The number of benzene rings is 1. The van der Waals surface area contributed by atoms with E-state index in [0.29, 0.717) is 11.6 Å². The van der Waals surface area contributed by atoms with E-state index in [1.54, 1.807) is 7.11 Å². The van der Waals surface area contributed by atoms with E-state index in [2.05, 4.69) is 17.2 Å². The molecule has 1 aromatic carbocycles. The van der Waals surface area contributed by atoms with Crippen LogP contribution in [0, 0.1) is 6.92 Å². The van der Waals surface area contributed by atoms with Crippen LogP contribution in [-0.2, 0) is 0 Å². The van der Waals surface area contributed by atoms with Gasteiger partial charge in [0.1, 0.15) is 5.75 Å². The molecule has 0 saturated carbocycles.